The van der Waals surface area contributed by atoms with Crippen molar-refractivity contribution in [3.63, 3.8) is 0 Å². The molecule has 0 aliphatic rings. The average molecular weight is 249 g/mol. The van der Waals surface area contributed by atoms with Gasteiger partial charge in [0.2, 0.25) is 0 Å². The fourth-order valence-electron chi connectivity index (χ4n) is 0.875. The first-order chi connectivity index (χ1) is 7.61. The van der Waals surface area contributed by atoms with Crippen molar-refractivity contribution in [2.75, 3.05) is 12.0 Å². The Hall–Kier alpha value is -0.750. The monoisotopic (exact) mass is 249 g/mol. The van der Waals surface area contributed by atoms with Gasteiger partial charge in [0.15, 0.2) is 0 Å². The highest BCUT2D eigenvalue weighted by Gasteiger charge is 2.17. The quantitative estimate of drug-likeness (QED) is 0.540. The maximum absolute atomic E-state index is 11.2. The molecule has 0 spiro atoms. The number of hydrogen-bond donors (Lipinski definition) is 1. The minimum atomic E-state index is -0.730. The van der Waals surface area contributed by atoms with Crippen LogP contribution in [0.5, 0.6) is 0 Å². The van der Waals surface area contributed by atoms with Crippen molar-refractivity contribution in [2.45, 2.75) is 38.6 Å². The van der Waals surface area contributed by atoms with Crippen LogP contribution in [0.2, 0.25) is 0 Å². The fourth-order valence-corrected chi connectivity index (χ4v) is 1.36. The average Bonchev–Trinajstić information content (AvgIpc) is 2.30. The molecule has 6 heteroatoms. The smallest absolute Gasteiger partial charge is 0.318 e. The topological polar surface area (TPSA) is 78.6 Å². The van der Waals surface area contributed by atoms with E-state index in [4.69, 9.17) is 5.73 Å². The largest absolute Gasteiger partial charge is 0.372 e. The molecule has 0 amide bonds. The maximum Gasteiger partial charge on any atom is 0.372 e. The Bertz CT molecular complexity index is 223. The van der Waals surface area contributed by atoms with Gasteiger partial charge in [-0.15, -0.1) is 0 Å². The SMILES string of the molecule is CCCCC(=O)OOC(=O)C(N)CCSC. The van der Waals surface area contributed by atoms with Gasteiger partial charge in [0.1, 0.15) is 6.04 Å². The highest BCUT2D eigenvalue weighted by molar-refractivity contribution is 7.98. The van der Waals surface area contributed by atoms with E-state index in [0.29, 0.717) is 6.42 Å². The molecule has 0 aromatic rings. The Morgan fingerprint density at radius 1 is 1.38 bits per heavy atom. The summed E-state index contributed by atoms with van der Waals surface area (Å²) in [5, 5.41) is 0. The molecule has 16 heavy (non-hydrogen) atoms. The van der Waals surface area contributed by atoms with Crippen molar-refractivity contribution in [3.8, 4) is 0 Å². The lowest BCUT2D eigenvalue weighted by atomic mass is 10.2. The highest BCUT2D eigenvalue weighted by atomic mass is 32.2. The van der Waals surface area contributed by atoms with Crippen LogP contribution in [0.15, 0.2) is 0 Å². The molecule has 0 aromatic heterocycles. The number of unbranched alkanes of at least 4 members (excludes halogenated alkanes) is 1. The van der Waals surface area contributed by atoms with Crippen LogP contribution in [-0.4, -0.2) is 30.0 Å². The number of hydrogen-bond acceptors (Lipinski definition) is 6. The number of carbonyl (C=O) groups excluding carboxylic acids is 2. The van der Waals surface area contributed by atoms with E-state index in [1.165, 1.54) is 0 Å². The van der Waals surface area contributed by atoms with Crippen LogP contribution in [-0.2, 0) is 19.4 Å². The molecule has 0 rings (SSSR count). The molecule has 0 radical (unpaired) electrons. The van der Waals surface area contributed by atoms with E-state index >= 15 is 0 Å². The standard InChI is InChI=1S/C10H19NO4S/c1-3-4-5-9(12)14-15-10(13)8(11)6-7-16-2/h8H,3-7,11H2,1-2H3. The minimum Gasteiger partial charge on any atom is -0.318 e. The van der Waals surface area contributed by atoms with Crippen molar-refractivity contribution in [3.05, 3.63) is 0 Å². The first-order valence-electron chi connectivity index (χ1n) is 5.27. The Labute approximate surface area is 100.0 Å². The summed E-state index contributed by atoms with van der Waals surface area (Å²) in [7, 11) is 0. The molecule has 1 atom stereocenters. The molecule has 1 unspecified atom stereocenters. The zero-order valence-electron chi connectivity index (χ0n) is 9.73. The van der Waals surface area contributed by atoms with Crippen molar-refractivity contribution in [1.29, 1.82) is 0 Å². The van der Waals surface area contributed by atoms with Gasteiger partial charge in [-0.1, -0.05) is 13.3 Å². The minimum absolute atomic E-state index is 0.254. The lowest BCUT2D eigenvalue weighted by Crippen LogP contribution is -2.33. The molecule has 0 aromatic carbocycles. The summed E-state index contributed by atoms with van der Waals surface area (Å²) in [6.07, 6.45) is 4.28. The van der Waals surface area contributed by atoms with Crippen molar-refractivity contribution >= 4 is 23.7 Å². The Kier molecular flexibility index (Phi) is 9.03. The molecular formula is C10H19NO4S. The summed E-state index contributed by atoms with van der Waals surface area (Å²) in [6, 6.07) is -0.730. The van der Waals surface area contributed by atoms with Crippen LogP contribution in [0.3, 0.4) is 0 Å². The van der Waals surface area contributed by atoms with Crippen LogP contribution in [0.1, 0.15) is 32.6 Å². The Balaban J connectivity index is 3.66. The highest BCUT2D eigenvalue weighted by Crippen LogP contribution is 2.02. The van der Waals surface area contributed by atoms with Gasteiger partial charge in [-0.05, 0) is 24.9 Å². The molecule has 0 aliphatic heterocycles. The second kappa shape index (κ2) is 9.47. The molecule has 0 heterocycles. The normalized spacial score (nSPS) is 11.9. The Morgan fingerprint density at radius 2 is 2.06 bits per heavy atom. The number of nitrogens with two attached hydrogens (primary N) is 1. The molecule has 0 saturated carbocycles. The van der Waals surface area contributed by atoms with Gasteiger partial charge in [0, 0.05) is 0 Å². The van der Waals surface area contributed by atoms with Gasteiger partial charge in [0.25, 0.3) is 0 Å². The summed E-state index contributed by atoms with van der Waals surface area (Å²) in [6.45, 7) is 1.96. The summed E-state index contributed by atoms with van der Waals surface area (Å²) in [4.78, 5) is 30.9. The third kappa shape index (κ3) is 7.53. The molecule has 5 nitrogen and oxygen atoms in total. The van der Waals surface area contributed by atoms with Crippen molar-refractivity contribution in [1.82, 2.24) is 0 Å². The molecule has 0 saturated heterocycles. The van der Waals surface area contributed by atoms with E-state index in [1.54, 1.807) is 11.8 Å². The zero-order chi connectivity index (χ0) is 12.4. The molecular weight excluding hydrogens is 230 g/mol. The van der Waals surface area contributed by atoms with Gasteiger partial charge in [-0.3, -0.25) is 0 Å². The molecule has 0 fully saturated rings. The third-order valence-corrected chi connectivity index (χ3v) is 2.53. The lowest BCUT2D eigenvalue weighted by Gasteiger charge is -2.08. The first-order valence-corrected chi connectivity index (χ1v) is 6.66. The lowest BCUT2D eigenvalue weighted by molar-refractivity contribution is -0.260. The van der Waals surface area contributed by atoms with Gasteiger partial charge in [-0.25, -0.2) is 19.4 Å². The van der Waals surface area contributed by atoms with E-state index < -0.39 is 18.0 Å². The fraction of sp³-hybridized carbons (Fsp3) is 0.800. The maximum atomic E-state index is 11.2. The van der Waals surface area contributed by atoms with Crippen LogP contribution in [0.4, 0.5) is 0 Å². The molecule has 2 N–H and O–H groups in total. The first kappa shape index (κ1) is 15.2. The van der Waals surface area contributed by atoms with Crippen LogP contribution < -0.4 is 5.73 Å². The second-order valence-corrected chi connectivity index (χ2v) is 4.33. The zero-order valence-corrected chi connectivity index (χ0v) is 10.5. The van der Waals surface area contributed by atoms with E-state index in [1.807, 2.05) is 13.2 Å². The number of carbonyl (C=O) groups is 2. The predicted octanol–water partition coefficient (Wildman–Crippen LogP) is 1.26. The van der Waals surface area contributed by atoms with Gasteiger partial charge < -0.3 is 5.73 Å². The van der Waals surface area contributed by atoms with E-state index in [9.17, 15) is 9.59 Å². The summed E-state index contributed by atoms with van der Waals surface area (Å²) in [5.74, 6) is -0.466. The molecule has 94 valence electrons. The van der Waals surface area contributed by atoms with Crippen molar-refractivity contribution in [2.24, 2.45) is 5.73 Å². The van der Waals surface area contributed by atoms with Gasteiger partial charge in [-0.2, -0.15) is 11.8 Å². The number of rotatable bonds is 7. The number of thioether (sulfide) groups is 1. The van der Waals surface area contributed by atoms with Crippen LogP contribution in [0, 0.1) is 0 Å². The van der Waals surface area contributed by atoms with Gasteiger partial charge >= 0.3 is 11.9 Å². The van der Waals surface area contributed by atoms with E-state index in [-0.39, 0.29) is 6.42 Å². The predicted molar refractivity (Wildman–Crippen MR) is 62.7 cm³/mol. The summed E-state index contributed by atoms with van der Waals surface area (Å²) >= 11 is 1.59. The summed E-state index contributed by atoms with van der Waals surface area (Å²) < 4.78 is 0. The van der Waals surface area contributed by atoms with E-state index in [0.717, 1.165) is 18.6 Å². The Morgan fingerprint density at radius 3 is 2.62 bits per heavy atom. The van der Waals surface area contributed by atoms with Crippen LogP contribution in [0.25, 0.3) is 0 Å². The third-order valence-electron chi connectivity index (χ3n) is 1.89. The summed E-state index contributed by atoms with van der Waals surface area (Å²) in [5.41, 5.74) is 5.51. The van der Waals surface area contributed by atoms with E-state index in [2.05, 4.69) is 9.78 Å². The van der Waals surface area contributed by atoms with Gasteiger partial charge in [0.05, 0.1) is 6.42 Å². The van der Waals surface area contributed by atoms with Crippen LogP contribution >= 0.6 is 11.8 Å². The molecule has 0 bridgehead atoms. The molecule has 0 aliphatic carbocycles. The second-order valence-electron chi connectivity index (χ2n) is 3.35. The van der Waals surface area contributed by atoms with Crippen molar-refractivity contribution < 1.29 is 19.4 Å².